The van der Waals surface area contributed by atoms with Gasteiger partial charge in [-0.3, -0.25) is 0 Å². The summed E-state index contributed by atoms with van der Waals surface area (Å²) < 4.78 is 12.9. The zero-order valence-corrected chi connectivity index (χ0v) is 12.9. The Morgan fingerprint density at radius 3 is 2.38 bits per heavy atom. The molecule has 0 N–H and O–H groups in total. The first-order valence-electron chi connectivity index (χ1n) is 7.62. The Morgan fingerprint density at radius 2 is 1.81 bits per heavy atom. The number of urea groups is 1. The molecule has 0 spiro atoms. The molecule has 1 aromatic rings. The number of nitrogens with zero attached hydrogens (tertiary/aromatic N) is 3. The van der Waals surface area contributed by atoms with E-state index in [-0.39, 0.29) is 11.8 Å². The van der Waals surface area contributed by atoms with Gasteiger partial charge in [0.2, 0.25) is 0 Å². The van der Waals surface area contributed by atoms with Gasteiger partial charge in [-0.2, -0.15) is 0 Å². The number of hydrogen-bond acceptors (Lipinski definition) is 2. The lowest BCUT2D eigenvalue weighted by molar-refractivity contribution is 0.159. The van der Waals surface area contributed by atoms with Gasteiger partial charge in [0, 0.05) is 45.5 Å². The maximum absolute atomic E-state index is 12.9. The summed E-state index contributed by atoms with van der Waals surface area (Å²) in [5, 5.41) is 0. The minimum absolute atomic E-state index is 0.113. The second-order valence-corrected chi connectivity index (χ2v) is 5.51. The van der Waals surface area contributed by atoms with Crippen LogP contribution in [0.3, 0.4) is 0 Å². The van der Waals surface area contributed by atoms with Crippen molar-refractivity contribution in [2.24, 2.45) is 0 Å². The number of carbonyl (C=O) groups excluding carboxylic acids is 1. The Labute approximate surface area is 126 Å². The predicted octanol–water partition coefficient (Wildman–Crippen LogP) is 2.80. The van der Waals surface area contributed by atoms with Crippen molar-refractivity contribution in [2.45, 2.75) is 19.8 Å². The fraction of sp³-hybridized carbons (Fsp3) is 0.562. The lowest BCUT2D eigenvalue weighted by atomic mass is 10.2. The van der Waals surface area contributed by atoms with Crippen LogP contribution in [-0.4, -0.2) is 55.6 Å². The number of rotatable bonds is 4. The average Bonchev–Trinajstić information content (AvgIpc) is 2.53. The number of piperazine rings is 1. The normalized spacial score (nSPS) is 15.2. The van der Waals surface area contributed by atoms with Crippen molar-refractivity contribution in [1.82, 2.24) is 9.80 Å². The van der Waals surface area contributed by atoms with Crippen molar-refractivity contribution in [3.05, 3.63) is 30.1 Å². The first-order valence-corrected chi connectivity index (χ1v) is 7.62. The number of amides is 2. The van der Waals surface area contributed by atoms with Crippen molar-refractivity contribution in [1.29, 1.82) is 0 Å². The van der Waals surface area contributed by atoms with E-state index in [1.54, 1.807) is 17.0 Å². The summed E-state index contributed by atoms with van der Waals surface area (Å²) in [4.78, 5) is 18.2. The molecule has 0 aliphatic carbocycles. The van der Waals surface area contributed by atoms with E-state index in [4.69, 9.17) is 0 Å². The fourth-order valence-electron chi connectivity index (χ4n) is 2.54. The quantitative estimate of drug-likeness (QED) is 0.853. The van der Waals surface area contributed by atoms with Crippen LogP contribution in [0.5, 0.6) is 0 Å². The highest BCUT2D eigenvalue weighted by molar-refractivity contribution is 5.74. The molecule has 1 aromatic carbocycles. The van der Waals surface area contributed by atoms with Crippen LogP contribution in [0.4, 0.5) is 14.9 Å². The molecule has 2 amide bonds. The summed E-state index contributed by atoms with van der Waals surface area (Å²) in [6, 6.07) is 6.65. The van der Waals surface area contributed by atoms with Crippen LogP contribution in [0, 0.1) is 5.82 Å². The van der Waals surface area contributed by atoms with E-state index in [0.29, 0.717) is 13.1 Å². The van der Waals surface area contributed by atoms with Crippen molar-refractivity contribution in [2.75, 3.05) is 44.7 Å². The van der Waals surface area contributed by atoms with E-state index in [9.17, 15) is 9.18 Å². The highest BCUT2D eigenvalue weighted by atomic mass is 19.1. The molecule has 0 radical (unpaired) electrons. The van der Waals surface area contributed by atoms with Gasteiger partial charge in [0.05, 0.1) is 0 Å². The van der Waals surface area contributed by atoms with Gasteiger partial charge in [-0.05, 0) is 30.7 Å². The third-order valence-corrected chi connectivity index (χ3v) is 3.92. The summed E-state index contributed by atoms with van der Waals surface area (Å²) in [5.74, 6) is -0.217. The topological polar surface area (TPSA) is 26.8 Å². The second kappa shape index (κ2) is 7.29. The van der Waals surface area contributed by atoms with Gasteiger partial charge in [-0.25, -0.2) is 9.18 Å². The monoisotopic (exact) mass is 293 g/mol. The highest BCUT2D eigenvalue weighted by Crippen LogP contribution is 2.17. The summed E-state index contributed by atoms with van der Waals surface area (Å²) in [7, 11) is 1.87. The molecule has 0 atom stereocenters. The van der Waals surface area contributed by atoms with Gasteiger partial charge in [0.1, 0.15) is 5.82 Å². The third-order valence-electron chi connectivity index (χ3n) is 3.92. The molecular weight excluding hydrogens is 269 g/mol. The molecule has 116 valence electrons. The van der Waals surface area contributed by atoms with Crippen LogP contribution in [0.25, 0.3) is 0 Å². The van der Waals surface area contributed by atoms with E-state index < -0.39 is 0 Å². The molecule has 21 heavy (non-hydrogen) atoms. The average molecular weight is 293 g/mol. The number of carbonyl (C=O) groups is 1. The Morgan fingerprint density at radius 1 is 1.19 bits per heavy atom. The largest absolute Gasteiger partial charge is 0.368 e. The molecule has 1 aliphatic heterocycles. The first-order chi connectivity index (χ1) is 10.1. The maximum atomic E-state index is 12.9. The van der Waals surface area contributed by atoms with Gasteiger partial charge in [0.15, 0.2) is 0 Å². The number of anilines is 1. The fourth-order valence-corrected chi connectivity index (χ4v) is 2.54. The van der Waals surface area contributed by atoms with Crippen LogP contribution in [0.15, 0.2) is 24.3 Å². The van der Waals surface area contributed by atoms with Gasteiger partial charge < -0.3 is 14.7 Å². The lowest BCUT2D eigenvalue weighted by Gasteiger charge is -2.37. The Balaban J connectivity index is 1.85. The van der Waals surface area contributed by atoms with Crippen molar-refractivity contribution >= 4 is 11.7 Å². The SMILES string of the molecule is CCCCN(C)C(=O)N1CCN(c2ccc(F)cc2)CC1. The van der Waals surface area contributed by atoms with Crippen molar-refractivity contribution in [3.63, 3.8) is 0 Å². The second-order valence-electron chi connectivity index (χ2n) is 5.51. The van der Waals surface area contributed by atoms with Crippen molar-refractivity contribution in [3.8, 4) is 0 Å². The molecule has 1 saturated heterocycles. The molecular formula is C16H24FN3O. The molecule has 2 rings (SSSR count). The smallest absolute Gasteiger partial charge is 0.319 e. The standard InChI is InChI=1S/C16H24FN3O/c1-3-4-9-18(2)16(21)20-12-10-19(11-13-20)15-7-5-14(17)6-8-15/h5-8H,3-4,9-13H2,1-2H3. The van der Waals surface area contributed by atoms with Crippen LogP contribution >= 0.6 is 0 Å². The van der Waals surface area contributed by atoms with Gasteiger partial charge in [-0.1, -0.05) is 13.3 Å². The molecule has 5 heteroatoms. The van der Waals surface area contributed by atoms with E-state index in [1.807, 2.05) is 11.9 Å². The van der Waals surface area contributed by atoms with Gasteiger partial charge in [0.25, 0.3) is 0 Å². The molecule has 1 heterocycles. The number of halogens is 1. The Hall–Kier alpha value is -1.78. The van der Waals surface area contributed by atoms with Crippen molar-refractivity contribution < 1.29 is 9.18 Å². The Bertz CT molecular complexity index is 455. The van der Waals surface area contributed by atoms with Crippen LogP contribution < -0.4 is 4.90 Å². The molecule has 0 aromatic heterocycles. The number of benzene rings is 1. The molecule has 0 bridgehead atoms. The molecule has 1 fully saturated rings. The molecule has 0 saturated carbocycles. The molecule has 4 nitrogen and oxygen atoms in total. The van der Waals surface area contributed by atoms with E-state index >= 15 is 0 Å². The third kappa shape index (κ3) is 4.09. The first kappa shape index (κ1) is 15.6. The minimum Gasteiger partial charge on any atom is -0.368 e. The van der Waals surface area contributed by atoms with Crippen LogP contribution in [-0.2, 0) is 0 Å². The van der Waals surface area contributed by atoms with E-state index in [1.165, 1.54) is 12.1 Å². The lowest BCUT2D eigenvalue weighted by Crippen LogP contribution is -2.52. The Kier molecular flexibility index (Phi) is 5.42. The number of hydrogen-bond donors (Lipinski definition) is 0. The zero-order valence-electron chi connectivity index (χ0n) is 12.9. The van der Waals surface area contributed by atoms with E-state index in [2.05, 4.69) is 11.8 Å². The summed E-state index contributed by atoms with van der Waals surface area (Å²) >= 11 is 0. The van der Waals surface area contributed by atoms with Gasteiger partial charge >= 0.3 is 6.03 Å². The highest BCUT2D eigenvalue weighted by Gasteiger charge is 2.23. The summed E-state index contributed by atoms with van der Waals surface area (Å²) in [5.41, 5.74) is 1.02. The summed E-state index contributed by atoms with van der Waals surface area (Å²) in [6.45, 7) is 5.95. The van der Waals surface area contributed by atoms with Crippen LogP contribution in [0.2, 0.25) is 0 Å². The molecule has 1 aliphatic rings. The maximum Gasteiger partial charge on any atom is 0.319 e. The minimum atomic E-state index is -0.217. The predicted molar refractivity (Wildman–Crippen MR) is 83.1 cm³/mol. The summed E-state index contributed by atoms with van der Waals surface area (Å²) in [6.07, 6.45) is 2.13. The van der Waals surface area contributed by atoms with Crippen LogP contribution in [0.1, 0.15) is 19.8 Å². The van der Waals surface area contributed by atoms with E-state index in [0.717, 1.165) is 38.2 Å². The number of unbranched alkanes of at least 4 members (excludes halogenated alkanes) is 1. The van der Waals surface area contributed by atoms with Gasteiger partial charge in [-0.15, -0.1) is 0 Å². The zero-order chi connectivity index (χ0) is 15.2. The molecule has 0 unspecified atom stereocenters.